The Labute approximate surface area is 144 Å². The second-order valence-corrected chi connectivity index (χ2v) is 7.08. The van der Waals surface area contributed by atoms with Crippen LogP contribution in [0, 0.1) is 0 Å². The van der Waals surface area contributed by atoms with Crippen molar-refractivity contribution in [1.29, 1.82) is 0 Å². The Morgan fingerprint density at radius 1 is 1.17 bits per heavy atom. The average Bonchev–Trinajstić information content (AvgIpc) is 3.23. The van der Waals surface area contributed by atoms with Gasteiger partial charge in [-0.05, 0) is 53.4 Å². The van der Waals surface area contributed by atoms with Gasteiger partial charge in [0.2, 0.25) is 0 Å². The quantitative estimate of drug-likeness (QED) is 0.656. The molecule has 3 aromatic heterocycles. The maximum atomic E-state index is 4.96. The normalized spacial score (nSPS) is 15.6. The Bertz CT molecular complexity index is 849. The minimum Gasteiger partial charge on any atom is -0.263 e. The number of halogens is 1. The van der Waals surface area contributed by atoms with Gasteiger partial charge in [-0.15, -0.1) is 0 Å². The Morgan fingerprint density at radius 2 is 2.00 bits per heavy atom. The summed E-state index contributed by atoms with van der Waals surface area (Å²) in [7, 11) is 0. The molecule has 0 amide bonds. The smallest absolute Gasteiger partial charge is 0.158 e. The molecule has 0 saturated heterocycles. The molecule has 118 valence electrons. The van der Waals surface area contributed by atoms with Gasteiger partial charge in [0.1, 0.15) is 0 Å². The van der Waals surface area contributed by atoms with Gasteiger partial charge in [0.05, 0.1) is 6.20 Å². The lowest BCUT2D eigenvalue weighted by molar-refractivity contribution is 0.664. The first-order valence-corrected chi connectivity index (χ1v) is 9.03. The highest BCUT2D eigenvalue weighted by molar-refractivity contribution is 9.10. The van der Waals surface area contributed by atoms with Gasteiger partial charge in [-0.2, -0.15) is 5.10 Å². The lowest BCUT2D eigenvalue weighted by Crippen LogP contribution is -2.02. The predicted molar refractivity (Wildman–Crippen MR) is 95.3 cm³/mol. The molecule has 3 heterocycles. The van der Waals surface area contributed by atoms with Crippen LogP contribution in [0.1, 0.15) is 44.2 Å². The van der Waals surface area contributed by atoms with E-state index in [4.69, 9.17) is 4.98 Å². The topological polar surface area (TPSA) is 43.6 Å². The molecule has 1 fully saturated rings. The summed E-state index contributed by atoms with van der Waals surface area (Å²) in [6, 6.07) is 4.37. The molecule has 1 aliphatic carbocycles. The van der Waals surface area contributed by atoms with Crippen LogP contribution < -0.4 is 0 Å². The zero-order valence-corrected chi connectivity index (χ0v) is 14.8. The first kappa shape index (κ1) is 14.8. The summed E-state index contributed by atoms with van der Waals surface area (Å²) >= 11 is 3.53. The monoisotopic (exact) mass is 370 g/mol. The molecule has 3 aromatic rings. The second kappa shape index (κ2) is 6.04. The van der Waals surface area contributed by atoms with E-state index >= 15 is 0 Å². The molecule has 4 rings (SSSR count). The van der Waals surface area contributed by atoms with Gasteiger partial charge in [0.25, 0.3) is 0 Å². The first-order valence-electron chi connectivity index (χ1n) is 8.23. The fourth-order valence-electron chi connectivity index (χ4n) is 3.53. The van der Waals surface area contributed by atoms with Crippen molar-refractivity contribution < 1.29 is 0 Å². The molecule has 0 unspecified atom stereocenters. The number of hydrogen-bond acceptors (Lipinski definition) is 3. The van der Waals surface area contributed by atoms with Crippen LogP contribution in [-0.4, -0.2) is 19.7 Å². The molecule has 1 saturated carbocycles. The van der Waals surface area contributed by atoms with Crippen molar-refractivity contribution in [3.63, 3.8) is 0 Å². The van der Waals surface area contributed by atoms with E-state index in [1.807, 2.05) is 23.3 Å². The third kappa shape index (κ3) is 2.67. The van der Waals surface area contributed by atoms with E-state index in [-0.39, 0.29) is 0 Å². The van der Waals surface area contributed by atoms with E-state index in [1.54, 1.807) is 0 Å². The number of aromatic nitrogens is 4. The lowest BCUT2D eigenvalue weighted by atomic mass is 9.98. The van der Waals surface area contributed by atoms with E-state index in [0.717, 1.165) is 27.6 Å². The molecule has 1 aliphatic rings. The summed E-state index contributed by atoms with van der Waals surface area (Å²) in [4.78, 5) is 9.29. The largest absolute Gasteiger partial charge is 0.263 e. The summed E-state index contributed by atoms with van der Waals surface area (Å²) < 4.78 is 2.98. The zero-order valence-electron chi connectivity index (χ0n) is 13.2. The van der Waals surface area contributed by atoms with Crippen LogP contribution >= 0.6 is 15.9 Å². The van der Waals surface area contributed by atoms with E-state index in [2.05, 4.69) is 45.1 Å². The molecule has 0 atom stereocenters. The second-order valence-electron chi connectivity index (χ2n) is 6.17. The van der Waals surface area contributed by atoms with Crippen LogP contribution in [0.15, 0.2) is 35.2 Å². The van der Waals surface area contributed by atoms with Crippen molar-refractivity contribution in [2.45, 2.75) is 45.1 Å². The lowest BCUT2D eigenvalue weighted by Gasteiger charge is -2.12. The van der Waals surface area contributed by atoms with Gasteiger partial charge in [0.15, 0.2) is 5.65 Å². The van der Waals surface area contributed by atoms with E-state index < -0.39 is 0 Å². The summed E-state index contributed by atoms with van der Waals surface area (Å²) in [5.41, 5.74) is 4.50. The molecule has 5 heteroatoms. The van der Waals surface area contributed by atoms with Gasteiger partial charge in [0, 0.05) is 46.0 Å². The molecule has 0 aliphatic heterocycles. The highest BCUT2D eigenvalue weighted by Gasteiger charge is 2.21. The van der Waals surface area contributed by atoms with Crippen LogP contribution in [0.2, 0.25) is 0 Å². The van der Waals surface area contributed by atoms with Crippen LogP contribution in [-0.2, 0) is 6.54 Å². The molecule has 23 heavy (non-hydrogen) atoms. The highest BCUT2D eigenvalue weighted by atomic mass is 79.9. The van der Waals surface area contributed by atoms with E-state index in [9.17, 15) is 0 Å². The fourth-order valence-corrected chi connectivity index (χ4v) is 3.89. The van der Waals surface area contributed by atoms with Crippen molar-refractivity contribution in [3.8, 4) is 11.1 Å². The van der Waals surface area contributed by atoms with Crippen LogP contribution in [0.3, 0.4) is 0 Å². The van der Waals surface area contributed by atoms with Gasteiger partial charge < -0.3 is 0 Å². The molecule has 4 nitrogen and oxygen atoms in total. The van der Waals surface area contributed by atoms with Crippen molar-refractivity contribution in [2.24, 2.45) is 0 Å². The number of aryl methyl sites for hydroxylation is 1. The summed E-state index contributed by atoms with van der Waals surface area (Å²) in [5, 5.41) is 5.62. The van der Waals surface area contributed by atoms with Crippen LogP contribution in [0.5, 0.6) is 0 Å². The molecule has 0 radical (unpaired) electrons. The van der Waals surface area contributed by atoms with Crippen molar-refractivity contribution in [3.05, 3.63) is 40.9 Å². The van der Waals surface area contributed by atoms with Crippen molar-refractivity contribution in [1.82, 2.24) is 19.7 Å². The third-order valence-corrected chi connectivity index (χ3v) is 5.15. The molecule has 0 aromatic carbocycles. The first-order chi connectivity index (χ1) is 11.3. The number of hydrogen-bond donors (Lipinski definition) is 0. The van der Waals surface area contributed by atoms with E-state index in [0.29, 0.717) is 5.92 Å². The van der Waals surface area contributed by atoms with E-state index in [1.165, 1.54) is 36.9 Å². The molecule has 0 bridgehead atoms. The van der Waals surface area contributed by atoms with Gasteiger partial charge in [-0.1, -0.05) is 12.8 Å². The summed E-state index contributed by atoms with van der Waals surface area (Å²) in [5.74, 6) is 0.582. The summed E-state index contributed by atoms with van der Waals surface area (Å²) in [6.45, 7) is 2.94. The molecule has 0 spiro atoms. The zero-order chi connectivity index (χ0) is 15.8. The van der Waals surface area contributed by atoms with Gasteiger partial charge >= 0.3 is 0 Å². The third-order valence-electron chi connectivity index (χ3n) is 4.72. The Hall–Kier alpha value is -1.75. The van der Waals surface area contributed by atoms with Crippen molar-refractivity contribution in [2.75, 3.05) is 0 Å². The number of pyridine rings is 2. The fraction of sp³-hybridized carbons (Fsp3) is 0.389. The minimum atomic E-state index is 0.582. The number of nitrogens with zero attached hydrogens (tertiary/aromatic N) is 4. The predicted octanol–water partition coefficient (Wildman–Crippen LogP) is 4.93. The SMILES string of the molecule is CCn1ncc2c(-c3cncc(Br)c3)cc(C3CCCC3)nc21. The maximum Gasteiger partial charge on any atom is 0.158 e. The molecular formula is C18H19BrN4. The number of rotatable bonds is 3. The van der Waals surface area contributed by atoms with Gasteiger partial charge in [-0.25, -0.2) is 9.67 Å². The Kier molecular flexibility index (Phi) is 3.89. The maximum absolute atomic E-state index is 4.96. The minimum absolute atomic E-state index is 0.582. The van der Waals surface area contributed by atoms with Crippen molar-refractivity contribution >= 4 is 27.0 Å². The average molecular weight is 371 g/mol. The Balaban J connectivity index is 1.95. The summed E-state index contributed by atoms with van der Waals surface area (Å²) in [6.07, 6.45) is 10.8. The number of fused-ring (bicyclic) bond motifs is 1. The van der Waals surface area contributed by atoms with Crippen LogP contribution in [0.4, 0.5) is 0 Å². The molecule has 0 N–H and O–H groups in total. The van der Waals surface area contributed by atoms with Gasteiger partial charge in [-0.3, -0.25) is 4.98 Å². The van der Waals surface area contributed by atoms with Crippen LogP contribution in [0.25, 0.3) is 22.2 Å². The highest BCUT2D eigenvalue weighted by Crippen LogP contribution is 2.37. The molecular weight excluding hydrogens is 352 g/mol. The Morgan fingerprint density at radius 3 is 2.74 bits per heavy atom. The standard InChI is InChI=1S/C18H19BrN4/c1-2-23-18-16(11-21-23)15(13-7-14(19)10-20-9-13)8-17(22-18)12-5-3-4-6-12/h7-12H,2-6H2,1H3.